The van der Waals surface area contributed by atoms with Crippen LogP contribution in [0.15, 0.2) is 51.0 Å². The molecule has 2 rings (SSSR count). The van der Waals surface area contributed by atoms with E-state index in [-0.39, 0.29) is 23.1 Å². The molecule has 0 saturated carbocycles. The van der Waals surface area contributed by atoms with Gasteiger partial charge in [-0.1, -0.05) is 38.1 Å². The molecule has 0 aliphatic carbocycles. The maximum atomic E-state index is 12.7. The molecule has 8 nitrogen and oxygen atoms in total. The van der Waals surface area contributed by atoms with Gasteiger partial charge in [0.2, 0.25) is 5.69 Å². The quantitative estimate of drug-likeness (QED) is 0.510. The Morgan fingerprint density at radius 2 is 1.93 bits per heavy atom. The van der Waals surface area contributed by atoms with Crippen LogP contribution in [0.5, 0.6) is 0 Å². The van der Waals surface area contributed by atoms with Crippen molar-refractivity contribution in [3.63, 3.8) is 0 Å². The van der Waals surface area contributed by atoms with Crippen LogP contribution >= 0.6 is 0 Å². The molecule has 0 saturated heterocycles. The van der Waals surface area contributed by atoms with Crippen LogP contribution < -0.4 is 11.2 Å². The molecule has 28 heavy (non-hydrogen) atoms. The van der Waals surface area contributed by atoms with Crippen LogP contribution in [0.25, 0.3) is 4.85 Å². The second-order valence-corrected chi connectivity index (χ2v) is 9.18. The Kier molecular flexibility index (Phi) is 6.94. The molecule has 2 aromatic rings. The fourth-order valence-corrected chi connectivity index (χ4v) is 4.89. The van der Waals surface area contributed by atoms with Gasteiger partial charge in [0.25, 0.3) is 5.56 Å². The summed E-state index contributed by atoms with van der Waals surface area (Å²) in [4.78, 5) is 28.1. The Bertz CT molecular complexity index is 1080. The average molecular weight is 405 g/mol. The molecular weight excluding hydrogens is 382 g/mol. The number of ether oxygens (including phenoxy) is 1. The highest BCUT2D eigenvalue weighted by atomic mass is 32.2. The van der Waals surface area contributed by atoms with Gasteiger partial charge in [-0.25, -0.2) is 18.1 Å². The SMILES string of the molecule is [C-]#[N+]c1ccccc1S(=O)(=O)CC(C)(C)CCCOCn1ccc(=O)[nH]c1=O. The van der Waals surface area contributed by atoms with Crippen LogP contribution in [0.1, 0.15) is 26.7 Å². The Balaban J connectivity index is 1.89. The molecule has 1 N–H and O–H groups in total. The number of nitrogens with one attached hydrogen (secondary N) is 1. The van der Waals surface area contributed by atoms with E-state index in [4.69, 9.17) is 11.3 Å². The van der Waals surface area contributed by atoms with Crippen molar-refractivity contribution in [2.75, 3.05) is 12.4 Å². The first-order chi connectivity index (χ1) is 13.1. The van der Waals surface area contributed by atoms with E-state index >= 15 is 0 Å². The van der Waals surface area contributed by atoms with Crippen molar-refractivity contribution in [3.8, 4) is 0 Å². The van der Waals surface area contributed by atoms with Crippen molar-refractivity contribution >= 4 is 15.5 Å². The summed E-state index contributed by atoms with van der Waals surface area (Å²) >= 11 is 0. The molecule has 150 valence electrons. The largest absolute Gasteiger partial charge is 0.361 e. The topological polar surface area (TPSA) is 103 Å². The van der Waals surface area contributed by atoms with Crippen molar-refractivity contribution in [3.05, 3.63) is 68.8 Å². The van der Waals surface area contributed by atoms with Gasteiger partial charge in [0.05, 0.1) is 17.2 Å². The summed E-state index contributed by atoms with van der Waals surface area (Å²) in [6, 6.07) is 7.45. The van der Waals surface area contributed by atoms with Crippen LogP contribution in [0.2, 0.25) is 0 Å². The molecule has 1 heterocycles. The molecule has 0 fully saturated rings. The molecule has 0 atom stereocenters. The van der Waals surface area contributed by atoms with Crippen LogP contribution in [0.4, 0.5) is 5.69 Å². The zero-order valence-corrected chi connectivity index (χ0v) is 16.7. The molecule has 0 aliphatic heterocycles. The molecule has 0 spiro atoms. The Hall–Kier alpha value is -2.70. The number of aromatic amines is 1. The number of sulfone groups is 1. The minimum absolute atomic E-state index is 0.00667. The van der Waals surface area contributed by atoms with Crippen molar-refractivity contribution in [1.29, 1.82) is 0 Å². The Labute approximate surface area is 163 Å². The molecule has 0 amide bonds. The fraction of sp³-hybridized carbons (Fsp3) is 0.421. The number of nitrogens with zero attached hydrogens (tertiary/aromatic N) is 2. The van der Waals surface area contributed by atoms with Crippen LogP contribution in [-0.4, -0.2) is 30.3 Å². The molecule has 9 heteroatoms. The summed E-state index contributed by atoms with van der Waals surface area (Å²) in [5.41, 5.74) is -1.39. The van der Waals surface area contributed by atoms with Gasteiger partial charge in [-0.2, -0.15) is 0 Å². The average Bonchev–Trinajstić information content (AvgIpc) is 2.62. The first kappa shape index (κ1) is 21.6. The normalized spacial score (nSPS) is 11.9. The lowest BCUT2D eigenvalue weighted by Crippen LogP contribution is -2.29. The number of benzene rings is 1. The molecule has 1 aromatic heterocycles. The third kappa shape index (κ3) is 5.90. The minimum atomic E-state index is -3.59. The van der Waals surface area contributed by atoms with Crippen molar-refractivity contribution in [2.24, 2.45) is 5.41 Å². The summed E-state index contributed by atoms with van der Waals surface area (Å²) in [5, 5.41) is 0. The summed E-state index contributed by atoms with van der Waals surface area (Å²) in [7, 11) is -3.59. The summed E-state index contributed by atoms with van der Waals surface area (Å²) < 4.78 is 32.1. The predicted molar refractivity (Wildman–Crippen MR) is 105 cm³/mol. The van der Waals surface area contributed by atoms with Gasteiger partial charge in [-0.05, 0) is 18.3 Å². The van der Waals surface area contributed by atoms with Gasteiger partial charge in [-0.3, -0.25) is 14.3 Å². The second-order valence-electron chi connectivity index (χ2n) is 7.22. The monoisotopic (exact) mass is 405 g/mol. The van der Waals surface area contributed by atoms with E-state index in [9.17, 15) is 18.0 Å². The maximum Gasteiger partial charge on any atom is 0.330 e. The summed E-state index contributed by atoms with van der Waals surface area (Å²) in [6.45, 7) is 11.2. The van der Waals surface area contributed by atoms with Crippen LogP contribution in [0.3, 0.4) is 0 Å². The number of hydrogen-bond donors (Lipinski definition) is 1. The standard InChI is InChI=1S/C19H23N3O5S/c1-19(2,13-28(25,26)16-8-5-4-7-15(16)20-3)10-6-12-27-14-22-11-9-17(23)21-18(22)24/h4-5,7-9,11H,6,10,12-14H2,1-2H3,(H,21,23,24). The molecule has 0 aliphatic rings. The Morgan fingerprint density at radius 3 is 2.61 bits per heavy atom. The van der Waals surface area contributed by atoms with E-state index < -0.39 is 26.5 Å². The van der Waals surface area contributed by atoms with Gasteiger partial charge in [0, 0.05) is 18.9 Å². The molecule has 0 bridgehead atoms. The first-order valence-electron chi connectivity index (χ1n) is 8.71. The number of para-hydroxylation sites is 1. The molecule has 1 aromatic carbocycles. The third-order valence-corrected chi connectivity index (χ3v) is 6.35. The summed E-state index contributed by atoms with van der Waals surface area (Å²) in [5.74, 6) is -0.0775. The number of aromatic nitrogens is 2. The van der Waals surface area contributed by atoms with Crippen LogP contribution in [-0.2, 0) is 21.3 Å². The van der Waals surface area contributed by atoms with E-state index in [0.717, 1.165) is 0 Å². The lowest BCUT2D eigenvalue weighted by molar-refractivity contribution is 0.0663. The van der Waals surface area contributed by atoms with Crippen molar-refractivity contribution in [1.82, 2.24) is 9.55 Å². The molecular formula is C19H23N3O5S. The number of hydrogen-bond acceptors (Lipinski definition) is 5. The zero-order chi connectivity index (χ0) is 20.8. The highest BCUT2D eigenvalue weighted by molar-refractivity contribution is 7.91. The van der Waals surface area contributed by atoms with Gasteiger partial charge in [-0.15, -0.1) is 0 Å². The highest BCUT2D eigenvalue weighted by Crippen LogP contribution is 2.31. The fourth-order valence-electron chi connectivity index (χ4n) is 2.84. The number of H-pyrrole nitrogens is 1. The minimum Gasteiger partial charge on any atom is -0.361 e. The van der Waals surface area contributed by atoms with Gasteiger partial charge < -0.3 is 4.74 Å². The van der Waals surface area contributed by atoms with E-state index in [1.165, 1.54) is 29.0 Å². The van der Waals surface area contributed by atoms with Gasteiger partial charge >= 0.3 is 5.69 Å². The van der Waals surface area contributed by atoms with Crippen molar-refractivity contribution < 1.29 is 13.2 Å². The van der Waals surface area contributed by atoms with Crippen molar-refractivity contribution in [2.45, 2.75) is 38.3 Å². The van der Waals surface area contributed by atoms with Gasteiger partial charge in [0.1, 0.15) is 6.73 Å². The van der Waals surface area contributed by atoms with Crippen LogP contribution in [0, 0.1) is 12.0 Å². The Morgan fingerprint density at radius 1 is 1.21 bits per heavy atom. The molecule has 0 radical (unpaired) electrons. The lowest BCUT2D eigenvalue weighted by atomic mass is 9.90. The zero-order valence-electron chi connectivity index (χ0n) is 15.8. The van der Waals surface area contributed by atoms with E-state index in [1.807, 2.05) is 13.8 Å². The third-order valence-electron chi connectivity index (χ3n) is 4.17. The van der Waals surface area contributed by atoms with E-state index in [0.29, 0.717) is 19.4 Å². The summed E-state index contributed by atoms with van der Waals surface area (Å²) in [6.07, 6.45) is 2.55. The lowest BCUT2D eigenvalue weighted by Gasteiger charge is -2.24. The predicted octanol–water partition coefficient (Wildman–Crippen LogP) is 2.34. The molecule has 0 unspecified atom stereocenters. The highest BCUT2D eigenvalue weighted by Gasteiger charge is 2.28. The smallest absolute Gasteiger partial charge is 0.330 e. The van der Waals surface area contributed by atoms with Gasteiger partial charge in [0.15, 0.2) is 9.84 Å². The number of rotatable bonds is 9. The second kappa shape index (κ2) is 8.99. The maximum absolute atomic E-state index is 12.7. The van der Waals surface area contributed by atoms with E-state index in [1.54, 1.807) is 12.1 Å². The first-order valence-corrected chi connectivity index (χ1v) is 10.4. The van der Waals surface area contributed by atoms with E-state index in [2.05, 4.69) is 9.83 Å².